The van der Waals surface area contributed by atoms with Gasteiger partial charge in [0, 0.05) is 0 Å². The summed E-state index contributed by atoms with van der Waals surface area (Å²) in [6.45, 7) is 6.29. The summed E-state index contributed by atoms with van der Waals surface area (Å²) in [7, 11) is 1.37. The van der Waals surface area contributed by atoms with Crippen LogP contribution in [-0.4, -0.2) is 13.1 Å². The number of ether oxygens (including phenoxy) is 2. The molecule has 0 fully saturated rings. The smallest absolute Gasteiger partial charge is 0.337 e. The van der Waals surface area contributed by atoms with Crippen molar-refractivity contribution >= 4 is 11.5 Å². The Morgan fingerprint density at radius 2 is 1.64 bits per heavy atom. The van der Waals surface area contributed by atoms with Crippen molar-refractivity contribution in [2.45, 2.75) is 13.5 Å². The van der Waals surface area contributed by atoms with E-state index in [4.69, 9.17) is 9.47 Å². The lowest BCUT2D eigenvalue weighted by Crippen LogP contribution is -2.00. The molecule has 0 aromatic heterocycles. The molecular formula is C22H22O3. The quantitative estimate of drug-likeness (QED) is 0.398. The molecule has 0 saturated carbocycles. The number of methoxy groups -OCH3 is 1. The first-order valence-corrected chi connectivity index (χ1v) is 8.00. The van der Waals surface area contributed by atoms with Crippen molar-refractivity contribution in [3.05, 3.63) is 102 Å². The summed E-state index contributed by atoms with van der Waals surface area (Å²) in [6.07, 6.45) is 5.54. The van der Waals surface area contributed by atoms with Crippen LogP contribution in [0, 0.1) is 0 Å². The first-order valence-electron chi connectivity index (χ1n) is 8.00. The minimum Gasteiger partial charge on any atom is -0.489 e. The van der Waals surface area contributed by atoms with Crippen molar-refractivity contribution in [3.8, 4) is 0 Å². The molecule has 3 heteroatoms. The maximum absolute atomic E-state index is 11.5. The van der Waals surface area contributed by atoms with E-state index in [2.05, 4.69) is 6.58 Å². The minimum atomic E-state index is -0.337. The summed E-state index contributed by atoms with van der Waals surface area (Å²) in [5.74, 6) is 0.366. The van der Waals surface area contributed by atoms with Crippen LogP contribution in [0.2, 0.25) is 0 Å². The molecule has 0 saturated heterocycles. The Morgan fingerprint density at radius 1 is 1.00 bits per heavy atom. The van der Waals surface area contributed by atoms with Crippen LogP contribution in [0.4, 0.5) is 0 Å². The van der Waals surface area contributed by atoms with Gasteiger partial charge >= 0.3 is 5.97 Å². The van der Waals surface area contributed by atoms with E-state index in [1.807, 2.05) is 61.5 Å². The third kappa shape index (κ3) is 5.50. The number of rotatable bonds is 7. The third-order valence-electron chi connectivity index (χ3n) is 3.71. The number of carbonyl (C=O) groups excluding carboxylic acids is 1. The van der Waals surface area contributed by atoms with E-state index in [-0.39, 0.29) is 5.97 Å². The zero-order valence-corrected chi connectivity index (χ0v) is 14.6. The second kappa shape index (κ2) is 9.28. The van der Waals surface area contributed by atoms with Crippen LogP contribution in [0.3, 0.4) is 0 Å². The predicted molar refractivity (Wildman–Crippen MR) is 101 cm³/mol. The highest BCUT2D eigenvalue weighted by Crippen LogP contribution is 2.16. The standard InChI is InChI=1S/C22H22O3/c1-4-21(25-16-18-8-6-5-7-9-18)15-10-17(2)19-11-13-20(14-12-19)22(23)24-3/h4-15H,1,16H2,2-3H3/b17-10+,21-15+. The van der Waals surface area contributed by atoms with Crippen molar-refractivity contribution in [2.75, 3.05) is 7.11 Å². The molecule has 2 rings (SSSR count). The lowest BCUT2D eigenvalue weighted by atomic mass is 10.0. The molecule has 0 amide bonds. The Balaban J connectivity index is 2.04. The highest BCUT2D eigenvalue weighted by atomic mass is 16.5. The van der Waals surface area contributed by atoms with E-state index in [1.54, 1.807) is 18.2 Å². The van der Waals surface area contributed by atoms with Crippen LogP contribution < -0.4 is 0 Å². The molecule has 0 heterocycles. The fourth-order valence-electron chi connectivity index (χ4n) is 2.21. The van der Waals surface area contributed by atoms with Crippen molar-refractivity contribution in [3.63, 3.8) is 0 Å². The Labute approximate surface area is 148 Å². The van der Waals surface area contributed by atoms with Crippen LogP contribution >= 0.6 is 0 Å². The van der Waals surface area contributed by atoms with Crippen molar-refractivity contribution < 1.29 is 14.3 Å². The van der Waals surface area contributed by atoms with Crippen LogP contribution in [0.1, 0.15) is 28.4 Å². The molecular weight excluding hydrogens is 312 g/mol. The number of benzene rings is 2. The highest BCUT2D eigenvalue weighted by molar-refractivity contribution is 5.89. The summed E-state index contributed by atoms with van der Waals surface area (Å²) < 4.78 is 10.5. The normalized spacial score (nSPS) is 11.8. The predicted octanol–water partition coefficient (Wildman–Crippen LogP) is 5.16. The Bertz CT molecular complexity index is 769. The SMILES string of the molecule is C=C/C(=C\C=C(/C)c1ccc(C(=O)OC)cc1)OCc1ccccc1. The summed E-state index contributed by atoms with van der Waals surface area (Å²) in [4.78, 5) is 11.5. The summed E-state index contributed by atoms with van der Waals surface area (Å²) in [5, 5.41) is 0. The second-order valence-electron chi connectivity index (χ2n) is 5.47. The summed E-state index contributed by atoms with van der Waals surface area (Å²) in [6, 6.07) is 17.3. The first kappa shape index (κ1) is 18.3. The number of esters is 1. The van der Waals surface area contributed by atoms with Gasteiger partial charge in [-0.05, 0) is 47.9 Å². The van der Waals surface area contributed by atoms with Gasteiger partial charge in [0.1, 0.15) is 12.4 Å². The molecule has 0 aliphatic rings. The van der Waals surface area contributed by atoms with Crippen molar-refractivity contribution in [1.29, 1.82) is 0 Å². The topological polar surface area (TPSA) is 35.5 Å². The molecule has 0 atom stereocenters. The molecule has 0 radical (unpaired) electrons. The van der Waals surface area contributed by atoms with E-state index < -0.39 is 0 Å². The van der Waals surface area contributed by atoms with E-state index in [1.165, 1.54) is 7.11 Å². The van der Waals surface area contributed by atoms with Gasteiger partial charge in [-0.25, -0.2) is 4.79 Å². The van der Waals surface area contributed by atoms with Gasteiger partial charge in [0.05, 0.1) is 12.7 Å². The number of hydrogen-bond donors (Lipinski definition) is 0. The third-order valence-corrected chi connectivity index (χ3v) is 3.71. The van der Waals surface area contributed by atoms with Crippen LogP contribution in [0.25, 0.3) is 5.57 Å². The zero-order chi connectivity index (χ0) is 18.1. The number of hydrogen-bond acceptors (Lipinski definition) is 3. The molecule has 0 aliphatic heterocycles. The Kier molecular flexibility index (Phi) is 6.78. The van der Waals surface area contributed by atoms with Crippen LogP contribution in [-0.2, 0) is 16.1 Å². The number of allylic oxidation sites excluding steroid dienone is 4. The lowest BCUT2D eigenvalue weighted by Gasteiger charge is -2.07. The van der Waals surface area contributed by atoms with Gasteiger partial charge in [-0.1, -0.05) is 55.1 Å². The Morgan fingerprint density at radius 3 is 2.24 bits per heavy atom. The van der Waals surface area contributed by atoms with Gasteiger partial charge < -0.3 is 9.47 Å². The molecule has 0 bridgehead atoms. The second-order valence-corrected chi connectivity index (χ2v) is 5.47. The zero-order valence-electron chi connectivity index (χ0n) is 14.6. The summed E-state index contributed by atoms with van der Waals surface area (Å²) >= 11 is 0. The van der Waals surface area contributed by atoms with Gasteiger partial charge in [-0.3, -0.25) is 0 Å². The van der Waals surface area contributed by atoms with Gasteiger partial charge in [0.15, 0.2) is 0 Å². The van der Waals surface area contributed by atoms with E-state index in [9.17, 15) is 4.79 Å². The maximum Gasteiger partial charge on any atom is 0.337 e. The molecule has 0 spiro atoms. The fraction of sp³-hybridized carbons (Fsp3) is 0.136. The van der Waals surface area contributed by atoms with Crippen molar-refractivity contribution in [2.24, 2.45) is 0 Å². The molecule has 0 aliphatic carbocycles. The highest BCUT2D eigenvalue weighted by Gasteiger charge is 2.04. The van der Waals surface area contributed by atoms with Gasteiger partial charge in [0.2, 0.25) is 0 Å². The molecule has 0 N–H and O–H groups in total. The number of carbonyl (C=O) groups is 1. The van der Waals surface area contributed by atoms with E-state index in [0.717, 1.165) is 16.7 Å². The van der Waals surface area contributed by atoms with Gasteiger partial charge in [-0.15, -0.1) is 0 Å². The van der Waals surface area contributed by atoms with Crippen molar-refractivity contribution in [1.82, 2.24) is 0 Å². The first-order chi connectivity index (χ1) is 12.1. The lowest BCUT2D eigenvalue weighted by molar-refractivity contribution is 0.0600. The Hall–Kier alpha value is -3.07. The average molecular weight is 334 g/mol. The monoisotopic (exact) mass is 334 g/mol. The summed E-state index contributed by atoms with van der Waals surface area (Å²) in [5.41, 5.74) is 3.72. The van der Waals surface area contributed by atoms with E-state index in [0.29, 0.717) is 17.9 Å². The molecule has 2 aromatic carbocycles. The fourth-order valence-corrected chi connectivity index (χ4v) is 2.21. The molecule has 0 unspecified atom stereocenters. The van der Waals surface area contributed by atoms with Crippen LogP contribution in [0.15, 0.2) is 85.2 Å². The molecule has 128 valence electrons. The minimum absolute atomic E-state index is 0.337. The molecule has 3 nitrogen and oxygen atoms in total. The molecule has 2 aromatic rings. The van der Waals surface area contributed by atoms with E-state index >= 15 is 0 Å². The average Bonchev–Trinajstić information content (AvgIpc) is 2.68. The largest absolute Gasteiger partial charge is 0.489 e. The van der Waals surface area contributed by atoms with Gasteiger partial charge in [0.25, 0.3) is 0 Å². The van der Waals surface area contributed by atoms with Gasteiger partial charge in [-0.2, -0.15) is 0 Å². The maximum atomic E-state index is 11.5. The van der Waals surface area contributed by atoms with Crippen LogP contribution in [0.5, 0.6) is 0 Å². The molecule has 25 heavy (non-hydrogen) atoms.